The van der Waals surface area contributed by atoms with Crippen molar-refractivity contribution in [1.29, 1.82) is 0 Å². The highest BCUT2D eigenvalue weighted by Crippen LogP contribution is 2.30. The Kier molecular flexibility index (Phi) is 3.12. The van der Waals surface area contributed by atoms with Crippen molar-refractivity contribution in [2.24, 2.45) is 0 Å². The summed E-state index contributed by atoms with van der Waals surface area (Å²) >= 11 is 7.67. The van der Waals surface area contributed by atoms with Crippen LogP contribution < -0.4 is 5.32 Å². The number of anilines is 1. The van der Waals surface area contributed by atoms with E-state index in [0.717, 1.165) is 10.7 Å². The lowest BCUT2D eigenvalue weighted by molar-refractivity contribution is 0.604. The molecule has 0 radical (unpaired) electrons. The predicted molar refractivity (Wildman–Crippen MR) is 68.0 cm³/mol. The Labute approximate surface area is 104 Å². The van der Waals surface area contributed by atoms with Gasteiger partial charge in [-0.3, -0.25) is 4.98 Å². The van der Waals surface area contributed by atoms with E-state index in [2.05, 4.69) is 29.1 Å². The normalized spacial score (nSPS) is 11.4. The minimum atomic E-state index is -0.237. The monoisotopic (exact) mass is 253 g/mol. The molecule has 3 nitrogen and oxygen atoms in total. The molecule has 0 bridgehead atoms. The van der Waals surface area contributed by atoms with Gasteiger partial charge in [0.1, 0.15) is 5.01 Å². The smallest absolute Gasteiger partial charge is 0.117 e. The largest absolute Gasteiger partial charge is 0.372 e. The van der Waals surface area contributed by atoms with Crippen LogP contribution in [0.4, 0.5) is 5.69 Å². The number of nitrogens with zero attached hydrogens (tertiary/aromatic N) is 2. The second-order valence-electron chi connectivity index (χ2n) is 3.94. The van der Waals surface area contributed by atoms with Crippen molar-refractivity contribution >= 4 is 28.6 Å². The van der Waals surface area contributed by atoms with Crippen molar-refractivity contribution in [1.82, 2.24) is 9.97 Å². The van der Waals surface area contributed by atoms with E-state index < -0.39 is 0 Å². The van der Waals surface area contributed by atoms with Gasteiger partial charge in [0.05, 0.1) is 16.2 Å². The van der Waals surface area contributed by atoms with E-state index in [9.17, 15) is 0 Å². The average Bonchev–Trinajstić information content (AvgIpc) is 2.75. The maximum Gasteiger partial charge on any atom is 0.117 e. The van der Waals surface area contributed by atoms with Gasteiger partial charge in [-0.05, 0) is 19.9 Å². The molecular weight excluding hydrogens is 242 g/mol. The molecule has 2 rings (SSSR count). The fourth-order valence-electron chi connectivity index (χ4n) is 1.40. The number of hydrogen-bond donors (Lipinski definition) is 1. The van der Waals surface area contributed by atoms with Gasteiger partial charge in [-0.25, -0.2) is 4.98 Å². The van der Waals surface area contributed by atoms with Crippen LogP contribution in [0, 0.1) is 0 Å². The van der Waals surface area contributed by atoms with Crippen molar-refractivity contribution in [3.63, 3.8) is 0 Å². The molecule has 0 aromatic carbocycles. The molecule has 0 saturated carbocycles. The van der Waals surface area contributed by atoms with Gasteiger partial charge < -0.3 is 5.32 Å². The Balaban J connectivity index is 2.25. The van der Waals surface area contributed by atoms with Crippen LogP contribution in [0.25, 0.3) is 0 Å². The van der Waals surface area contributed by atoms with Crippen molar-refractivity contribution in [2.45, 2.75) is 19.4 Å². The first-order chi connectivity index (χ1) is 7.59. The van der Waals surface area contributed by atoms with Crippen molar-refractivity contribution in [3.8, 4) is 0 Å². The molecule has 5 heteroatoms. The minimum Gasteiger partial charge on any atom is -0.372 e. The van der Waals surface area contributed by atoms with Crippen LogP contribution in [0.3, 0.4) is 0 Å². The summed E-state index contributed by atoms with van der Waals surface area (Å²) < 4.78 is 0. The van der Waals surface area contributed by atoms with E-state index in [-0.39, 0.29) is 5.54 Å². The van der Waals surface area contributed by atoms with Gasteiger partial charge in [-0.15, -0.1) is 11.3 Å². The second-order valence-corrected chi connectivity index (χ2v) is 5.24. The molecular formula is C11H12ClN3S. The first-order valence-corrected chi connectivity index (χ1v) is 6.13. The number of halogens is 1. The summed E-state index contributed by atoms with van der Waals surface area (Å²) in [6.45, 7) is 4.14. The summed E-state index contributed by atoms with van der Waals surface area (Å²) in [4.78, 5) is 8.26. The lowest BCUT2D eigenvalue weighted by atomic mass is 10.1. The second kappa shape index (κ2) is 4.39. The van der Waals surface area contributed by atoms with Crippen LogP contribution in [0.1, 0.15) is 18.9 Å². The molecule has 0 atom stereocenters. The SMILES string of the molecule is CC(C)(Nc1ccncc1Cl)c1nccs1. The third-order valence-corrected chi connectivity index (χ3v) is 3.58. The Hall–Kier alpha value is -1.13. The lowest BCUT2D eigenvalue weighted by Gasteiger charge is -2.25. The van der Waals surface area contributed by atoms with Gasteiger partial charge in [-0.2, -0.15) is 0 Å². The molecule has 0 amide bonds. The van der Waals surface area contributed by atoms with Crippen LogP contribution in [0.2, 0.25) is 5.02 Å². The molecule has 2 aromatic heterocycles. The molecule has 0 fully saturated rings. The summed E-state index contributed by atoms with van der Waals surface area (Å²) in [5, 5.41) is 6.98. The third-order valence-electron chi connectivity index (χ3n) is 2.19. The Bertz CT molecular complexity index is 468. The molecule has 2 heterocycles. The number of nitrogens with one attached hydrogen (secondary N) is 1. The first kappa shape index (κ1) is 11.4. The molecule has 2 aromatic rings. The molecule has 16 heavy (non-hydrogen) atoms. The first-order valence-electron chi connectivity index (χ1n) is 4.87. The average molecular weight is 254 g/mol. The number of rotatable bonds is 3. The number of aromatic nitrogens is 2. The van der Waals surface area contributed by atoms with E-state index in [1.54, 1.807) is 29.9 Å². The standard InChI is InChI=1S/C11H12ClN3S/c1-11(2,10-14-5-6-16-10)15-9-3-4-13-7-8(9)12/h3-7H,1-2H3,(H,13,15). The van der Waals surface area contributed by atoms with Crippen LogP contribution in [0.15, 0.2) is 30.0 Å². The van der Waals surface area contributed by atoms with Gasteiger partial charge in [-0.1, -0.05) is 11.6 Å². The summed E-state index contributed by atoms with van der Waals surface area (Å²) in [5.74, 6) is 0. The van der Waals surface area contributed by atoms with Gasteiger partial charge >= 0.3 is 0 Å². The summed E-state index contributed by atoms with van der Waals surface area (Å²) in [6.07, 6.45) is 5.14. The molecule has 0 spiro atoms. The van der Waals surface area contributed by atoms with Crippen molar-refractivity contribution < 1.29 is 0 Å². The zero-order chi connectivity index (χ0) is 11.6. The zero-order valence-corrected chi connectivity index (χ0v) is 10.6. The molecule has 84 valence electrons. The van der Waals surface area contributed by atoms with E-state index in [1.807, 2.05) is 11.4 Å². The van der Waals surface area contributed by atoms with Gasteiger partial charge in [0.2, 0.25) is 0 Å². The van der Waals surface area contributed by atoms with E-state index in [4.69, 9.17) is 11.6 Å². The maximum absolute atomic E-state index is 6.05. The van der Waals surface area contributed by atoms with Crippen LogP contribution in [0.5, 0.6) is 0 Å². The Morgan fingerprint density at radius 3 is 2.81 bits per heavy atom. The molecule has 0 aliphatic heterocycles. The van der Waals surface area contributed by atoms with Crippen LogP contribution in [-0.4, -0.2) is 9.97 Å². The Morgan fingerprint density at radius 1 is 1.38 bits per heavy atom. The summed E-state index contributed by atoms with van der Waals surface area (Å²) in [7, 11) is 0. The fourth-order valence-corrected chi connectivity index (χ4v) is 2.28. The number of pyridine rings is 1. The summed E-state index contributed by atoms with van der Waals surface area (Å²) in [5.41, 5.74) is 0.635. The van der Waals surface area contributed by atoms with Crippen LogP contribution in [-0.2, 0) is 5.54 Å². The van der Waals surface area contributed by atoms with Gasteiger partial charge in [0.25, 0.3) is 0 Å². The zero-order valence-electron chi connectivity index (χ0n) is 9.07. The Morgan fingerprint density at radius 2 is 2.19 bits per heavy atom. The molecule has 0 aliphatic carbocycles. The van der Waals surface area contributed by atoms with Gasteiger partial charge in [0.15, 0.2) is 0 Å². The predicted octanol–water partition coefficient (Wildman–Crippen LogP) is 3.54. The highest BCUT2D eigenvalue weighted by Gasteiger charge is 2.23. The fraction of sp³-hybridized carbons (Fsp3) is 0.273. The van der Waals surface area contributed by atoms with E-state index >= 15 is 0 Å². The minimum absolute atomic E-state index is 0.237. The molecule has 0 saturated heterocycles. The lowest BCUT2D eigenvalue weighted by Crippen LogP contribution is -2.27. The van der Waals surface area contributed by atoms with Crippen molar-refractivity contribution in [3.05, 3.63) is 40.1 Å². The molecule has 0 aliphatic rings. The number of thiazole rings is 1. The highest BCUT2D eigenvalue weighted by molar-refractivity contribution is 7.09. The quantitative estimate of drug-likeness (QED) is 0.909. The topological polar surface area (TPSA) is 37.8 Å². The van der Waals surface area contributed by atoms with E-state index in [1.165, 1.54) is 0 Å². The van der Waals surface area contributed by atoms with Crippen molar-refractivity contribution in [2.75, 3.05) is 5.32 Å². The molecule has 1 N–H and O–H groups in total. The van der Waals surface area contributed by atoms with Gasteiger partial charge in [0, 0.05) is 24.0 Å². The maximum atomic E-state index is 6.05. The third kappa shape index (κ3) is 2.33. The number of hydrogen-bond acceptors (Lipinski definition) is 4. The molecule has 0 unspecified atom stereocenters. The van der Waals surface area contributed by atoms with E-state index in [0.29, 0.717) is 5.02 Å². The highest BCUT2D eigenvalue weighted by atomic mass is 35.5. The summed E-state index contributed by atoms with van der Waals surface area (Å²) in [6, 6.07) is 1.86. The van der Waals surface area contributed by atoms with Crippen LogP contribution >= 0.6 is 22.9 Å².